The van der Waals surface area contributed by atoms with Gasteiger partial charge in [0.1, 0.15) is 5.78 Å². The van der Waals surface area contributed by atoms with Crippen LogP contribution < -0.4 is 15.5 Å². The first-order valence-electron chi connectivity index (χ1n) is 12.1. The first-order valence-corrected chi connectivity index (χ1v) is 13.8. The van der Waals surface area contributed by atoms with E-state index in [1.54, 1.807) is 0 Å². The molecule has 3 aromatic carbocycles. The molecule has 0 heterocycles. The monoisotopic (exact) mass is 478 g/mol. The summed E-state index contributed by atoms with van der Waals surface area (Å²) in [5.41, 5.74) is 4.19. The summed E-state index contributed by atoms with van der Waals surface area (Å²) in [6.07, 6.45) is 0.851. The van der Waals surface area contributed by atoms with Gasteiger partial charge in [0.15, 0.2) is 0 Å². The highest BCUT2D eigenvalue weighted by molar-refractivity contribution is 7.67. The number of nitrogens with zero attached hydrogens (tertiary/aromatic N) is 1. The molecule has 0 aromatic heterocycles. The summed E-state index contributed by atoms with van der Waals surface area (Å²) >= 11 is 0. The van der Waals surface area contributed by atoms with Crippen molar-refractivity contribution >= 4 is 24.0 Å². The molecule has 3 rings (SSSR count). The maximum absolute atomic E-state index is 14.9. The van der Waals surface area contributed by atoms with E-state index in [2.05, 4.69) is 57.3 Å². The fourth-order valence-corrected chi connectivity index (χ4v) is 6.22. The first-order chi connectivity index (χ1) is 16.2. The molecule has 0 radical (unpaired) electrons. The summed E-state index contributed by atoms with van der Waals surface area (Å²) in [4.78, 5) is 2.04. The van der Waals surface area contributed by atoms with Crippen molar-refractivity contribution in [2.75, 3.05) is 30.9 Å². The number of anilines is 2. The van der Waals surface area contributed by atoms with Crippen molar-refractivity contribution in [2.24, 2.45) is 5.92 Å². The van der Waals surface area contributed by atoms with Crippen molar-refractivity contribution < 1.29 is 9.09 Å². The van der Waals surface area contributed by atoms with Crippen LogP contribution in [0.4, 0.5) is 11.4 Å². The lowest BCUT2D eigenvalue weighted by Gasteiger charge is -2.30. The fraction of sp³-hybridized carbons (Fsp3) is 0.379. The third-order valence-corrected chi connectivity index (χ3v) is 8.73. The SMILES string of the molecule is CC(C)CCO[P@@](=O)(c1ccc(N(C)C)cc1)[C@H](Nc1ccccc1)c1ccc(C(C)C)cc1. The number of rotatable bonds is 11. The molecular weight excluding hydrogens is 439 g/mol. The molecule has 0 saturated carbocycles. The Morgan fingerprint density at radius 2 is 1.41 bits per heavy atom. The minimum Gasteiger partial charge on any atom is -0.378 e. The normalized spacial score (nSPS) is 14.1. The van der Waals surface area contributed by atoms with E-state index in [4.69, 9.17) is 4.52 Å². The standard InChI is InChI=1S/C29H39N2O2P/c1-22(2)20-21-33-34(32,28-18-16-27(17-19-28)31(5)6)29(30-26-10-8-7-9-11-26)25-14-12-24(13-15-25)23(3)4/h7-19,22-23,29-30H,20-21H2,1-6H3/t29-,34-/m0/s1. The molecule has 0 amide bonds. The Bertz CT molecular complexity index is 1060. The highest BCUT2D eigenvalue weighted by atomic mass is 31.2. The second-order valence-electron chi connectivity index (χ2n) is 9.76. The highest BCUT2D eigenvalue weighted by Gasteiger charge is 2.38. The van der Waals surface area contributed by atoms with Gasteiger partial charge in [-0.1, -0.05) is 70.2 Å². The summed E-state index contributed by atoms with van der Waals surface area (Å²) in [6.45, 7) is 9.12. The zero-order chi connectivity index (χ0) is 24.7. The van der Waals surface area contributed by atoms with Gasteiger partial charge in [0.05, 0.1) is 6.61 Å². The van der Waals surface area contributed by atoms with E-state index in [1.165, 1.54) is 5.56 Å². The van der Waals surface area contributed by atoms with E-state index in [0.29, 0.717) is 18.4 Å². The van der Waals surface area contributed by atoms with Crippen molar-refractivity contribution in [1.29, 1.82) is 0 Å². The van der Waals surface area contributed by atoms with Gasteiger partial charge in [0.25, 0.3) is 7.37 Å². The molecule has 0 aliphatic rings. The van der Waals surface area contributed by atoms with Gasteiger partial charge in [0, 0.05) is 30.8 Å². The molecule has 0 aliphatic carbocycles. The van der Waals surface area contributed by atoms with Crippen LogP contribution in [0.3, 0.4) is 0 Å². The van der Waals surface area contributed by atoms with Gasteiger partial charge < -0.3 is 14.7 Å². The second kappa shape index (κ2) is 11.7. The average molecular weight is 479 g/mol. The van der Waals surface area contributed by atoms with E-state index in [0.717, 1.165) is 28.7 Å². The van der Waals surface area contributed by atoms with Gasteiger partial charge in [-0.3, -0.25) is 4.57 Å². The first kappa shape index (κ1) is 26.1. The number of hydrogen-bond donors (Lipinski definition) is 1. The summed E-state index contributed by atoms with van der Waals surface area (Å²) in [6, 6.07) is 26.3. The molecule has 0 aliphatic heterocycles. The molecule has 3 aromatic rings. The van der Waals surface area contributed by atoms with Crippen LogP contribution in [-0.2, 0) is 9.09 Å². The quantitative estimate of drug-likeness (QED) is 0.287. The third-order valence-electron chi connectivity index (χ3n) is 6.04. The second-order valence-corrected chi connectivity index (χ2v) is 12.2. The Kier molecular flexibility index (Phi) is 8.99. The number of nitrogens with one attached hydrogen (secondary N) is 1. The lowest BCUT2D eigenvalue weighted by Crippen LogP contribution is -2.21. The topological polar surface area (TPSA) is 41.6 Å². The van der Waals surface area contributed by atoms with E-state index in [9.17, 15) is 4.57 Å². The van der Waals surface area contributed by atoms with E-state index >= 15 is 0 Å². The Labute approximate surface area is 205 Å². The number of para-hydroxylation sites is 1. The molecule has 0 unspecified atom stereocenters. The van der Waals surface area contributed by atoms with Gasteiger partial charge in [0.2, 0.25) is 0 Å². The van der Waals surface area contributed by atoms with Gasteiger partial charge in [-0.25, -0.2) is 0 Å². The number of hydrogen-bond acceptors (Lipinski definition) is 4. The smallest absolute Gasteiger partial charge is 0.258 e. The molecule has 2 atom stereocenters. The molecule has 0 saturated heterocycles. The zero-order valence-corrected chi connectivity index (χ0v) is 22.3. The van der Waals surface area contributed by atoms with E-state index in [-0.39, 0.29) is 0 Å². The minimum absolute atomic E-state index is 0.433. The van der Waals surface area contributed by atoms with Crippen LogP contribution in [-0.4, -0.2) is 20.7 Å². The number of benzene rings is 3. The molecule has 0 spiro atoms. The lowest BCUT2D eigenvalue weighted by atomic mass is 10.0. The molecule has 34 heavy (non-hydrogen) atoms. The van der Waals surface area contributed by atoms with E-state index < -0.39 is 13.2 Å². The zero-order valence-electron chi connectivity index (χ0n) is 21.4. The van der Waals surface area contributed by atoms with Crippen molar-refractivity contribution in [3.63, 3.8) is 0 Å². The summed E-state index contributed by atoms with van der Waals surface area (Å²) in [7, 11) is 0.664. The predicted molar refractivity (Wildman–Crippen MR) is 147 cm³/mol. The van der Waals surface area contributed by atoms with Crippen LogP contribution >= 0.6 is 7.37 Å². The Morgan fingerprint density at radius 1 is 0.824 bits per heavy atom. The summed E-state index contributed by atoms with van der Waals surface area (Å²) < 4.78 is 21.3. The Morgan fingerprint density at radius 3 is 1.94 bits per heavy atom. The Hall–Kier alpha value is -2.55. The van der Waals surface area contributed by atoms with Crippen LogP contribution in [0.1, 0.15) is 56.9 Å². The predicted octanol–water partition coefficient (Wildman–Crippen LogP) is 7.65. The molecule has 4 nitrogen and oxygen atoms in total. The molecule has 0 fully saturated rings. The van der Waals surface area contributed by atoms with E-state index in [1.807, 2.05) is 73.6 Å². The lowest BCUT2D eigenvalue weighted by molar-refractivity contribution is 0.290. The van der Waals surface area contributed by atoms with Crippen molar-refractivity contribution in [3.05, 3.63) is 90.0 Å². The largest absolute Gasteiger partial charge is 0.378 e. The molecule has 0 bridgehead atoms. The molecule has 182 valence electrons. The van der Waals surface area contributed by atoms with Crippen LogP contribution in [0.25, 0.3) is 0 Å². The van der Waals surface area contributed by atoms with Crippen LogP contribution in [0.2, 0.25) is 0 Å². The third kappa shape index (κ3) is 6.52. The van der Waals surface area contributed by atoms with Crippen molar-refractivity contribution in [2.45, 2.75) is 45.8 Å². The van der Waals surface area contributed by atoms with Gasteiger partial charge >= 0.3 is 0 Å². The van der Waals surface area contributed by atoms with Gasteiger partial charge in [-0.15, -0.1) is 0 Å². The summed E-state index contributed by atoms with van der Waals surface area (Å²) in [5.74, 6) is 0.395. The van der Waals surface area contributed by atoms with Crippen LogP contribution in [0.5, 0.6) is 0 Å². The molecular formula is C29H39N2O2P. The van der Waals surface area contributed by atoms with Crippen molar-refractivity contribution in [3.8, 4) is 0 Å². The minimum atomic E-state index is -3.34. The average Bonchev–Trinajstić information content (AvgIpc) is 2.83. The fourth-order valence-electron chi connectivity index (χ4n) is 3.80. The summed E-state index contributed by atoms with van der Waals surface area (Å²) in [5, 5.41) is 4.29. The Balaban J connectivity index is 2.09. The molecule has 5 heteroatoms. The maximum Gasteiger partial charge on any atom is 0.258 e. The molecule has 1 N–H and O–H groups in total. The van der Waals surface area contributed by atoms with Crippen LogP contribution in [0, 0.1) is 5.92 Å². The highest BCUT2D eigenvalue weighted by Crippen LogP contribution is 2.59. The van der Waals surface area contributed by atoms with Gasteiger partial charge in [-0.2, -0.15) is 0 Å². The van der Waals surface area contributed by atoms with Crippen molar-refractivity contribution in [1.82, 2.24) is 0 Å². The maximum atomic E-state index is 14.9. The van der Waals surface area contributed by atoms with Gasteiger partial charge in [-0.05, 0) is 65.8 Å². The van der Waals surface area contributed by atoms with Crippen LogP contribution in [0.15, 0.2) is 78.9 Å².